The fourth-order valence-corrected chi connectivity index (χ4v) is 9.35. The van der Waals surface area contributed by atoms with Crippen molar-refractivity contribution in [2.24, 2.45) is 23.7 Å². The molecule has 3 fully saturated rings. The third-order valence-corrected chi connectivity index (χ3v) is 17.0. The molecule has 3 saturated heterocycles. The van der Waals surface area contributed by atoms with Crippen molar-refractivity contribution in [2.75, 3.05) is 13.7 Å². The van der Waals surface area contributed by atoms with E-state index in [0.717, 1.165) is 56.3 Å². The van der Waals surface area contributed by atoms with Gasteiger partial charge in [-0.05, 0) is 91.1 Å². The van der Waals surface area contributed by atoms with Crippen LogP contribution in [-0.2, 0) is 28.2 Å². The van der Waals surface area contributed by atoms with Gasteiger partial charge in [0, 0.05) is 18.9 Å². The van der Waals surface area contributed by atoms with Crippen LogP contribution in [0, 0.1) is 23.7 Å². The van der Waals surface area contributed by atoms with Crippen molar-refractivity contribution in [3.05, 3.63) is 60.2 Å². The van der Waals surface area contributed by atoms with Gasteiger partial charge in [0.1, 0.15) is 0 Å². The Morgan fingerprint density at radius 3 is 2.30 bits per heavy atom. The van der Waals surface area contributed by atoms with Gasteiger partial charge in [-0.3, -0.25) is 4.79 Å². The maximum absolute atomic E-state index is 13.6. The molecule has 4 unspecified atom stereocenters. The summed E-state index contributed by atoms with van der Waals surface area (Å²) in [5.41, 5.74) is 3.34. The van der Waals surface area contributed by atoms with Gasteiger partial charge in [-0.1, -0.05) is 105 Å². The number of benzene rings is 1. The number of hydrogen-bond acceptors (Lipinski definition) is 6. The molecule has 1 aromatic rings. The molecular weight excluding hydrogens is 641 g/mol. The third kappa shape index (κ3) is 10.2. The minimum absolute atomic E-state index is 0.00450. The smallest absolute Gasteiger partial charge is 0.313 e. The summed E-state index contributed by atoms with van der Waals surface area (Å²) in [6.07, 6.45) is 9.11. The van der Waals surface area contributed by atoms with E-state index in [0.29, 0.717) is 24.4 Å². The monoisotopic (exact) mass is 710 g/mol. The Balaban J connectivity index is 1.51. The standard InChI is InChI=1S/C43H70O6Si/c1-13-14-20-34-25-30(4)36(47-34)22-21-35-24-29(3)31(5)38(48-35)26-39-40(41(42(44)45-10)33-18-16-15-17-19-33)32(6)37(49-39)23-28(2)27-46-50(11,12)43(7,8)9/h15-19,28-29,32,34-41H,4-5,13-14,20-27H2,1-3,6-12H3/t28-,29+,32-,34?,35-,36?,37+,38?,39-,40+,41?/m0/s1. The average Bonchev–Trinajstić information content (AvgIpc) is 3.57. The number of methoxy groups -OCH3 is 1. The van der Waals surface area contributed by atoms with Crippen LogP contribution in [0.3, 0.4) is 0 Å². The maximum Gasteiger partial charge on any atom is 0.313 e. The van der Waals surface area contributed by atoms with Gasteiger partial charge in [-0.2, -0.15) is 0 Å². The largest absolute Gasteiger partial charge is 0.469 e. The van der Waals surface area contributed by atoms with Crippen molar-refractivity contribution in [1.82, 2.24) is 0 Å². The van der Waals surface area contributed by atoms with E-state index in [1.807, 2.05) is 30.3 Å². The molecule has 1 aromatic carbocycles. The third-order valence-electron chi connectivity index (χ3n) is 12.5. The summed E-state index contributed by atoms with van der Waals surface area (Å²) in [5, 5.41) is 0.163. The molecule has 3 aliphatic rings. The normalized spacial score (nSPS) is 31.9. The topological polar surface area (TPSA) is 63.2 Å². The lowest BCUT2D eigenvalue weighted by Crippen LogP contribution is -2.42. The Hall–Kier alpha value is -1.77. The number of unbranched alkanes of at least 4 members (excludes halogenated alkanes) is 1. The molecule has 3 heterocycles. The van der Waals surface area contributed by atoms with Gasteiger partial charge in [0.2, 0.25) is 0 Å². The Kier molecular flexibility index (Phi) is 14.6. The minimum Gasteiger partial charge on any atom is -0.469 e. The first-order valence-electron chi connectivity index (χ1n) is 19.7. The van der Waals surface area contributed by atoms with Gasteiger partial charge in [0.15, 0.2) is 8.32 Å². The molecule has 4 rings (SSSR count). The van der Waals surface area contributed by atoms with E-state index in [-0.39, 0.29) is 53.4 Å². The van der Waals surface area contributed by atoms with Crippen molar-refractivity contribution < 1.29 is 28.2 Å². The fourth-order valence-electron chi connectivity index (χ4n) is 8.22. The molecule has 3 aliphatic heterocycles. The number of esters is 1. The quantitative estimate of drug-likeness (QED) is 0.0967. The highest BCUT2D eigenvalue weighted by molar-refractivity contribution is 6.74. The van der Waals surface area contributed by atoms with Gasteiger partial charge in [-0.25, -0.2) is 0 Å². The van der Waals surface area contributed by atoms with E-state index >= 15 is 0 Å². The lowest BCUT2D eigenvalue weighted by Gasteiger charge is -2.39. The van der Waals surface area contributed by atoms with Gasteiger partial charge in [-0.15, -0.1) is 0 Å². The molecular formula is C43H70O6Si. The van der Waals surface area contributed by atoms with Crippen LogP contribution in [-0.4, -0.2) is 64.6 Å². The molecule has 11 atom stereocenters. The highest BCUT2D eigenvalue weighted by Gasteiger charge is 2.50. The molecule has 282 valence electrons. The van der Waals surface area contributed by atoms with Crippen LogP contribution in [0.25, 0.3) is 0 Å². The van der Waals surface area contributed by atoms with E-state index in [4.69, 9.17) is 23.4 Å². The summed E-state index contributed by atoms with van der Waals surface area (Å²) in [5.74, 6) is 0.0988. The fraction of sp³-hybridized carbons (Fsp3) is 0.744. The number of ether oxygens (including phenoxy) is 4. The molecule has 6 nitrogen and oxygen atoms in total. The van der Waals surface area contributed by atoms with Crippen LogP contribution in [0.5, 0.6) is 0 Å². The van der Waals surface area contributed by atoms with Gasteiger partial charge < -0.3 is 23.4 Å². The highest BCUT2D eigenvalue weighted by Crippen LogP contribution is 2.48. The zero-order chi connectivity index (χ0) is 36.8. The van der Waals surface area contributed by atoms with E-state index in [1.165, 1.54) is 25.5 Å². The lowest BCUT2D eigenvalue weighted by atomic mass is 9.72. The van der Waals surface area contributed by atoms with E-state index < -0.39 is 14.2 Å². The first-order chi connectivity index (χ1) is 23.6. The summed E-state index contributed by atoms with van der Waals surface area (Å²) in [4.78, 5) is 13.6. The van der Waals surface area contributed by atoms with Crippen molar-refractivity contribution >= 4 is 14.3 Å². The molecule has 0 saturated carbocycles. The van der Waals surface area contributed by atoms with Crippen LogP contribution in [0.1, 0.15) is 118 Å². The molecule has 0 N–H and O–H groups in total. The van der Waals surface area contributed by atoms with Crippen molar-refractivity contribution in [2.45, 2.75) is 167 Å². The predicted octanol–water partition coefficient (Wildman–Crippen LogP) is 10.4. The second kappa shape index (κ2) is 17.8. The van der Waals surface area contributed by atoms with Crippen LogP contribution in [0.4, 0.5) is 0 Å². The van der Waals surface area contributed by atoms with Crippen LogP contribution in [0.2, 0.25) is 18.1 Å². The minimum atomic E-state index is -1.87. The van der Waals surface area contributed by atoms with Gasteiger partial charge in [0.25, 0.3) is 0 Å². The molecule has 50 heavy (non-hydrogen) atoms. The summed E-state index contributed by atoms with van der Waals surface area (Å²) < 4.78 is 32.5. The predicted molar refractivity (Wildman–Crippen MR) is 207 cm³/mol. The van der Waals surface area contributed by atoms with E-state index in [1.54, 1.807) is 0 Å². The molecule has 7 heteroatoms. The van der Waals surface area contributed by atoms with Crippen LogP contribution >= 0.6 is 0 Å². The average molecular weight is 711 g/mol. The molecule has 0 bridgehead atoms. The SMILES string of the molecule is C=C1CC(CCCC)OC1CC[C@H]1C[C@@H](C)C(=C)C(C[C@@H]2O[C@H](C[C@H](C)CO[Si](C)(C)C(C)(C)C)[C@H](C)[C@H]2C(C(=O)OC)c2ccccc2)O1. The second-order valence-electron chi connectivity index (χ2n) is 17.5. The summed E-state index contributed by atoms with van der Waals surface area (Å²) in [6, 6.07) is 10.1. The summed E-state index contributed by atoms with van der Waals surface area (Å²) in [6.45, 7) is 30.2. The lowest BCUT2D eigenvalue weighted by molar-refractivity contribution is -0.145. The molecule has 0 aliphatic carbocycles. The number of carbonyl (C=O) groups is 1. The van der Waals surface area contributed by atoms with E-state index in [2.05, 4.69) is 74.7 Å². The van der Waals surface area contributed by atoms with E-state index in [9.17, 15) is 4.79 Å². The summed E-state index contributed by atoms with van der Waals surface area (Å²) >= 11 is 0. The number of hydrogen-bond donors (Lipinski definition) is 0. The van der Waals surface area contributed by atoms with Crippen molar-refractivity contribution in [3.63, 3.8) is 0 Å². The van der Waals surface area contributed by atoms with Gasteiger partial charge >= 0.3 is 5.97 Å². The molecule has 0 amide bonds. The van der Waals surface area contributed by atoms with Crippen molar-refractivity contribution in [1.29, 1.82) is 0 Å². The van der Waals surface area contributed by atoms with Crippen LogP contribution < -0.4 is 0 Å². The Morgan fingerprint density at radius 2 is 1.66 bits per heavy atom. The first kappa shape index (κ1) is 41.0. The number of carbonyl (C=O) groups excluding carboxylic acids is 1. The Bertz CT molecular complexity index is 1260. The highest BCUT2D eigenvalue weighted by atomic mass is 28.4. The zero-order valence-corrected chi connectivity index (χ0v) is 34.2. The first-order valence-corrected chi connectivity index (χ1v) is 22.6. The van der Waals surface area contributed by atoms with Crippen LogP contribution in [0.15, 0.2) is 54.6 Å². The van der Waals surface area contributed by atoms with Crippen molar-refractivity contribution in [3.8, 4) is 0 Å². The second-order valence-corrected chi connectivity index (χ2v) is 22.3. The molecule has 0 aromatic heterocycles. The number of rotatable bonds is 16. The Morgan fingerprint density at radius 1 is 0.980 bits per heavy atom. The Labute approximate surface area is 306 Å². The summed E-state index contributed by atoms with van der Waals surface area (Å²) in [7, 11) is -0.371. The van der Waals surface area contributed by atoms with Gasteiger partial charge in [0.05, 0.1) is 49.7 Å². The molecule has 0 spiro atoms. The molecule has 0 radical (unpaired) electrons. The zero-order valence-electron chi connectivity index (χ0n) is 33.2. The maximum atomic E-state index is 13.6.